The van der Waals surface area contributed by atoms with E-state index in [2.05, 4.69) is 34.6 Å². The highest BCUT2D eigenvalue weighted by Gasteiger charge is 2.19. The second kappa shape index (κ2) is 48.9. The number of carbonyl (C=O) groups is 3. The van der Waals surface area contributed by atoms with Gasteiger partial charge < -0.3 is 14.2 Å². The van der Waals surface area contributed by atoms with Crippen molar-refractivity contribution in [2.75, 3.05) is 13.2 Å². The first-order valence-corrected chi connectivity index (χ1v) is 27.8. The molecule has 0 saturated carbocycles. The Morgan fingerprint density at radius 2 is 0.613 bits per heavy atom. The lowest BCUT2D eigenvalue weighted by Crippen LogP contribution is -2.30. The molecule has 0 saturated heterocycles. The van der Waals surface area contributed by atoms with Gasteiger partial charge in [0.2, 0.25) is 0 Å². The van der Waals surface area contributed by atoms with Crippen LogP contribution in [0.1, 0.15) is 311 Å². The molecule has 0 aromatic carbocycles. The molecule has 368 valence electrons. The lowest BCUT2D eigenvalue weighted by molar-refractivity contribution is -0.167. The minimum absolute atomic E-state index is 0.0635. The van der Waals surface area contributed by atoms with Crippen LogP contribution in [0.5, 0.6) is 0 Å². The van der Waals surface area contributed by atoms with Crippen LogP contribution in [0.3, 0.4) is 0 Å². The predicted molar refractivity (Wildman–Crippen MR) is 266 cm³/mol. The highest BCUT2D eigenvalue weighted by Crippen LogP contribution is 2.18. The smallest absolute Gasteiger partial charge is 0.306 e. The summed E-state index contributed by atoms with van der Waals surface area (Å²) in [6, 6.07) is 0. The minimum Gasteiger partial charge on any atom is -0.462 e. The molecule has 0 rings (SSSR count). The quantitative estimate of drug-likeness (QED) is 0.0344. The number of rotatable bonds is 50. The van der Waals surface area contributed by atoms with E-state index in [0.29, 0.717) is 19.3 Å². The first-order chi connectivity index (χ1) is 30.3. The van der Waals surface area contributed by atoms with E-state index in [4.69, 9.17) is 14.2 Å². The van der Waals surface area contributed by atoms with Crippen LogP contribution in [-0.2, 0) is 28.6 Å². The summed E-state index contributed by atoms with van der Waals surface area (Å²) in [4.78, 5) is 38.0. The van der Waals surface area contributed by atoms with E-state index >= 15 is 0 Å². The molecule has 0 aromatic heterocycles. The van der Waals surface area contributed by atoms with Gasteiger partial charge in [0.15, 0.2) is 6.10 Å². The summed E-state index contributed by atoms with van der Waals surface area (Å²) in [5, 5.41) is 0. The van der Waals surface area contributed by atoms with Crippen molar-refractivity contribution < 1.29 is 28.6 Å². The van der Waals surface area contributed by atoms with Crippen molar-refractivity contribution in [1.29, 1.82) is 0 Å². The normalized spacial score (nSPS) is 12.5. The summed E-state index contributed by atoms with van der Waals surface area (Å²) >= 11 is 0. The molecule has 0 spiro atoms. The van der Waals surface area contributed by atoms with E-state index in [1.807, 2.05) is 0 Å². The lowest BCUT2D eigenvalue weighted by atomic mass is 9.99. The minimum atomic E-state index is -0.763. The van der Waals surface area contributed by atoms with Gasteiger partial charge in [0.05, 0.1) is 0 Å². The Bertz CT molecular complexity index is 949. The van der Waals surface area contributed by atoms with E-state index < -0.39 is 6.10 Å². The standard InChI is InChI=1S/C56H108O6/c1-6-8-9-10-11-12-13-14-15-16-17-18-22-25-31-36-41-46-54(57)60-49-53(62-56(59)48-43-38-33-28-27-30-35-40-45-52(5)7-2)50-61-55(58)47-42-37-32-26-23-20-19-21-24-29-34-39-44-51(3)4/h51-53H,6-50H2,1-5H3/t52?,53-/m1/s1. The molecule has 0 fully saturated rings. The van der Waals surface area contributed by atoms with Gasteiger partial charge in [-0.05, 0) is 31.1 Å². The fraction of sp³-hybridized carbons (Fsp3) is 0.946. The Labute approximate surface area is 387 Å². The summed E-state index contributed by atoms with van der Waals surface area (Å²) in [6.07, 6.45) is 50.9. The van der Waals surface area contributed by atoms with Crippen molar-refractivity contribution in [2.24, 2.45) is 11.8 Å². The molecule has 2 atom stereocenters. The van der Waals surface area contributed by atoms with Gasteiger partial charge in [-0.2, -0.15) is 0 Å². The maximum absolute atomic E-state index is 12.8. The van der Waals surface area contributed by atoms with Crippen LogP contribution >= 0.6 is 0 Å². The molecular weight excluding hydrogens is 769 g/mol. The molecule has 0 bridgehead atoms. The van der Waals surface area contributed by atoms with Crippen molar-refractivity contribution in [3.05, 3.63) is 0 Å². The Kier molecular flexibility index (Phi) is 47.6. The van der Waals surface area contributed by atoms with Crippen molar-refractivity contribution in [3.63, 3.8) is 0 Å². The molecule has 62 heavy (non-hydrogen) atoms. The van der Waals surface area contributed by atoms with Gasteiger partial charge in [-0.15, -0.1) is 0 Å². The van der Waals surface area contributed by atoms with Crippen LogP contribution in [-0.4, -0.2) is 37.2 Å². The number of hydrogen-bond donors (Lipinski definition) is 0. The van der Waals surface area contributed by atoms with Crippen LogP contribution in [0.15, 0.2) is 0 Å². The summed E-state index contributed by atoms with van der Waals surface area (Å²) in [7, 11) is 0. The van der Waals surface area contributed by atoms with Crippen molar-refractivity contribution >= 4 is 17.9 Å². The zero-order valence-electron chi connectivity index (χ0n) is 42.5. The van der Waals surface area contributed by atoms with Crippen LogP contribution in [0.2, 0.25) is 0 Å². The number of carbonyl (C=O) groups excluding carboxylic acids is 3. The summed E-state index contributed by atoms with van der Waals surface area (Å²) < 4.78 is 16.9. The maximum atomic E-state index is 12.8. The largest absolute Gasteiger partial charge is 0.462 e. The summed E-state index contributed by atoms with van der Waals surface area (Å²) in [5.74, 6) is 0.834. The second-order valence-electron chi connectivity index (χ2n) is 19.9. The van der Waals surface area contributed by atoms with E-state index in [1.54, 1.807) is 0 Å². The summed E-state index contributed by atoms with van der Waals surface area (Å²) in [6.45, 7) is 11.4. The van der Waals surface area contributed by atoms with E-state index in [1.165, 1.54) is 199 Å². The average Bonchev–Trinajstić information content (AvgIpc) is 3.26. The highest BCUT2D eigenvalue weighted by atomic mass is 16.6. The molecule has 0 N–H and O–H groups in total. The van der Waals surface area contributed by atoms with Gasteiger partial charge >= 0.3 is 17.9 Å². The molecule has 6 nitrogen and oxygen atoms in total. The predicted octanol–water partition coefficient (Wildman–Crippen LogP) is 18.1. The first kappa shape index (κ1) is 60.4. The van der Waals surface area contributed by atoms with Crippen molar-refractivity contribution in [2.45, 2.75) is 317 Å². The molecule has 1 unspecified atom stereocenters. The fourth-order valence-electron chi connectivity index (χ4n) is 8.49. The number of ether oxygens (including phenoxy) is 3. The Hall–Kier alpha value is -1.59. The Morgan fingerprint density at radius 1 is 0.339 bits per heavy atom. The van der Waals surface area contributed by atoms with E-state index in [-0.39, 0.29) is 31.1 Å². The zero-order chi connectivity index (χ0) is 45.4. The third-order valence-corrected chi connectivity index (χ3v) is 13.1. The van der Waals surface area contributed by atoms with Crippen LogP contribution in [0, 0.1) is 11.8 Å². The molecule has 0 aliphatic rings. The van der Waals surface area contributed by atoms with Crippen molar-refractivity contribution in [3.8, 4) is 0 Å². The molecule has 0 heterocycles. The summed E-state index contributed by atoms with van der Waals surface area (Å²) in [5.41, 5.74) is 0. The lowest BCUT2D eigenvalue weighted by Gasteiger charge is -2.18. The van der Waals surface area contributed by atoms with Gasteiger partial charge in [-0.25, -0.2) is 0 Å². The first-order valence-electron chi connectivity index (χ1n) is 27.8. The van der Waals surface area contributed by atoms with E-state index in [9.17, 15) is 14.4 Å². The number of unbranched alkanes of at least 4 members (excludes halogenated alkanes) is 34. The number of esters is 3. The third kappa shape index (κ3) is 47.9. The molecule has 0 aliphatic carbocycles. The topological polar surface area (TPSA) is 78.9 Å². The van der Waals surface area contributed by atoms with Crippen LogP contribution < -0.4 is 0 Å². The van der Waals surface area contributed by atoms with Gasteiger partial charge in [0, 0.05) is 19.3 Å². The van der Waals surface area contributed by atoms with Crippen LogP contribution in [0.25, 0.3) is 0 Å². The molecule has 0 aromatic rings. The molecule has 0 amide bonds. The van der Waals surface area contributed by atoms with Gasteiger partial charge in [0.1, 0.15) is 13.2 Å². The average molecular weight is 877 g/mol. The highest BCUT2D eigenvalue weighted by molar-refractivity contribution is 5.71. The van der Waals surface area contributed by atoms with Gasteiger partial charge in [-0.3, -0.25) is 14.4 Å². The monoisotopic (exact) mass is 877 g/mol. The SMILES string of the molecule is CCCCCCCCCCCCCCCCCCCC(=O)OC[C@H](COC(=O)CCCCCCCCCCCCCCC(C)C)OC(=O)CCCCCCCCCCC(C)CC. The Morgan fingerprint density at radius 3 is 0.919 bits per heavy atom. The second-order valence-corrected chi connectivity index (χ2v) is 19.9. The molecule has 0 radical (unpaired) electrons. The van der Waals surface area contributed by atoms with E-state index in [0.717, 1.165) is 69.6 Å². The Balaban J connectivity index is 4.29. The third-order valence-electron chi connectivity index (χ3n) is 13.1. The maximum Gasteiger partial charge on any atom is 0.306 e. The molecule has 6 heteroatoms. The van der Waals surface area contributed by atoms with Crippen LogP contribution in [0.4, 0.5) is 0 Å². The van der Waals surface area contributed by atoms with Gasteiger partial charge in [0.25, 0.3) is 0 Å². The van der Waals surface area contributed by atoms with Gasteiger partial charge in [-0.1, -0.05) is 272 Å². The number of hydrogen-bond acceptors (Lipinski definition) is 6. The van der Waals surface area contributed by atoms with Crippen molar-refractivity contribution in [1.82, 2.24) is 0 Å². The molecular formula is C56H108O6. The molecule has 0 aliphatic heterocycles. The zero-order valence-corrected chi connectivity index (χ0v) is 42.5. The fourth-order valence-corrected chi connectivity index (χ4v) is 8.49.